The van der Waals surface area contributed by atoms with Crippen molar-refractivity contribution >= 4 is 6.08 Å². The molecule has 0 spiro atoms. The molecule has 0 amide bonds. The predicted molar refractivity (Wildman–Crippen MR) is 41.5 cm³/mol. The maximum Gasteiger partial charge on any atom is 0.442 e. The monoisotopic (exact) mass is 208 g/mol. The summed E-state index contributed by atoms with van der Waals surface area (Å²) in [6.45, 7) is 0. The Balaban J connectivity index is 2.98. The van der Waals surface area contributed by atoms with E-state index in [0.29, 0.717) is 0 Å². The summed E-state index contributed by atoms with van der Waals surface area (Å²) in [6, 6.07) is 4.24. The molecule has 1 aromatic carbocycles. The van der Waals surface area contributed by atoms with Crippen LogP contribution in [0.3, 0.4) is 0 Å². The van der Waals surface area contributed by atoms with Gasteiger partial charge in [-0.05, 0) is 23.8 Å². The van der Waals surface area contributed by atoms with Gasteiger partial charge in [0, 0.05) is 0 Å². The maximum absolute atomic E-state index is 12.5. The molecule has 0 aromatic heterocycles. The van der Waals surface area contributed by atoms with E-state index in [0.717, 1.165) is 12.1 Å². The summed E-state index contributed by atoms with van der Waals surface area (Å²) in [4.78, 5) is 0. The van der Waals surface area contributed by atoms with Gasteiger partial charge in [0.1, 0.15) is 5.82 Å². The van der Waals surface area contributed by atoms with Crippen LogP contribution < -0.4 is 0 Å². The quantitative estimate of drug-likeness (QED) is 0.617. The number of benzene rings is 1. The molecule has 76 valence electrons. The molecular formula is C9H5F5. The molecule has 0 nitrogen and oxygen atoms in total. The van der Waals surface area contributed by atoms with E-state index in [-0.39, 0.29) is 11.6 Å². The summed E-state index contributed by atoms with van der Waals surface area (Å²) < 4.78 is 59.9. The van der Waals surface area contributed by atoms with Gasteiger partial charge in [-0.3, -0.25) is 0 Å². The Bertz CT molecular complexity index is 350. The second kappa shape index (κ2) is 3.77. The van der Waals surface area contributed by atoms with Gasteiger partial charge >= 0.3 is 6.18 Å². The molecule has 0 fully saturated rings. The fraction of sp³-hybridized carbons (Fsp3) is 0.111. The first-order valence-electron chi connectivity index (χ1n) is 3.59. The summed E-state index contributed by atoms with van der Waals surface area (Å²) in [7, 11) is 0. The molecule has 0 aliphatic carbocycles. The van der Waals surface area contributed by atoms with E-state index in [4.69, 9.17) is 0 Å². The van der Waals surface area contributed by atoms with Crippen molar-refractivity contribution in [3.05, 3.63) is 41.5 Å². The standard InChI is InChI=1S/C9H5F5/c10-7-3-1-2-6(4-7)5-8(11)9(12,13)14/h1-5H/b8-5+. The molecule has 0 radical (unpaired) electrons. The molecule has 5 heteroatoms. The Hall–Kier alpha value is -1.39. The van der Waals surface area contributed by atoms with E-state index in [2.05, 4.69) is 0 Å². The zero-order valence-electron chi connectivity index (χ0n) is 6.78. The molecule has 0 saturated carbocycles. The van der Waals surface area contributed by atoms with Gasteiger partial charge in [0.05, 0.1) is 0 Å². The van der Waals surface area contributed by atoms with Crippen molar-refractivity contribution in [1.29, 1.82) is 0 Å². The van der Waals surface area contributed by atoms with Crippen LogP contribution in [0.25, 0.3) is 6.08 Å². The number of hydrogen-bond donors (Lipinski definition) is 0. The highest BCUT2D eigenvalue weighted by Gasteiger charge is 2.34. The van der Waals surface area contributed by atoms with Crippen LogP contribution in [0.2, 0.25) is 0 Å². The third-order valence-corrected chi connectivity index (χ3v) is 1.41. The Labute approximate surface area is 76.7 Å². The second-order valence-electron chi connectivity index (χ2n) is 2.55. The lowest BCUT2D eigenvalue weighted by molar-refractivity contribution is -0.107. The lowest BCUT2D eigenvalue weighted by Gasteiger charge is -2.02. The van der Waals surface area contributed by atoms with Gasteiger partial charge in [-0.2, -0.15) is 13.2 Å². The number of rotatable bonds is 1. The number of allylic oxidation sites excluding steroid dienone is 1. The topological polar surface area (TPSA) is 0 Å². The zero-order chi connectivity index (χ0) is 10.8. The molecule has 1 rings (SSSR count). The smallest absolute Gasteiger partial charge is 0.207 e. The predicted octanol–water partition coefficient (Wildman–Crippen LogP) is 3.70. The first-order chi connectivity index (χ1) is 6.39. The average Bonchev–Trinajstić information content (AvgIpc) is 2.02. The first-order valence-corrected chi connectivity index (χ1v) is 3.59. The molecule has 14 heavy (non-hydrogen) atoms. The summed E-state index contributed by atoms with van der Waals surface area (Å²) in [5.41, 5.74) is -0.167. The number of halogens is 5. The lowest BCUT2D eigenvalue weighted by Crippen LogP contribution is -2.07. The van der Waals surface area contributed by atoms with E-state index in [1.807, 2.05) is 0 Å². The van der Waals surface area contributed by atoms with Crippen LogP contribution >= 0.6 is 0 Å². The van der Waals surface area contributed by atoms with Crippen LogP contribution in [0.1, 0.15) is 5.56 Å². The SMILES string of the molecule is F/C(=C/c1cccc(F)c1)C(F)(F)F. The van der Waals surface area contributed by atoms with Crippen molar-refractivity contribution in [3.8, 4) is 0 Å². The summed E-state index contributed by atoms with van der Waals surface area (Å²) in [5.74, 6) is -2.96. The second-order valence-corrected chi connectivity index (χ2v) is 2.55. The molecule has 0 bridgehead atoms. The average molecular weight is 208 g/mol. The van der Waals surface area contributed by atoms with Crippen LogP contribution in [-0.4, -0.2) is 6.18 Å². The molecule has 0 aliphatic rings. The molecule has 0 atom stereocenters. The minimum Gasteiger partial charge on any atom is -0.207 e. The van der Waals surface area contributed by atoms with Gasteiger partial charge in [0.2, 0.25) is 5.83 Å². The zero-order valence-corrected chi connectivity index (χ0v) is 6.78. The van der Waals surface area contributed by atoms with E-state index < -0.39 is 17.8 Å². The van der Waals surface area contributed by atoms with Gasteiger partial charge in [0.15, 0.2) is 0 Å². The van der Waals surface area contributed by atoms with Crippen LogP contribution in [0.5, 0.6) is 0 Å². The fourth-order valence-corrected chi connectivity index (χ4v) is 0.825. The van der Waals surface area contributed by atoms with Crippen molar-refractivity contribution in [1.82, 2.24) is 0 Å². The van der Waals surface area contributed by atoms with E-state index >= 15 is 0 Å². The highest BCUT2D eigenvalue weighted by molar-refractivity contribution is 5.52. The van der Waals surface area contributed by atoms with E-state index in [1.54, 1.807) is 0 Å². The van der Waals surface area contributed by atoms with Crippen LogP contribution in [0.15, 0.2) is 30.1 Å². The van der Waals surface area contributed by atoms with Gasteiger partial charge in [-0.1, -0.05) is 12.1 Å². The van der Waals surface area contributed by atoms with Crippen molar-refractivity contribution < 1.29 is 22.0 Å². The minimum absolute atomic E-state index is 0.167. The highest BCUT2D eigenvalue weighted by Crippen LogP contribution is 2.28. The number of alkyl halides is 3. The molecule has 0 heterocycles. The Morgan fingerprint density at radius 1 is 1.21 bits per heavy atom. The third-order valence-electron chi connectivity index (χ3n) is 1.41. The normalized spacial score (nSPS) is 13.1. The molecule has 1 aromatic rings. The highest BCUT2D eigenvalue weighted by atomic mass is 19.4. The Kier molecular flexibility index (Phi) is 2.88. The molecule has 0 N–H and O–H groups in total. The first kappa shape index (κ1) is 10.7. The van der Waals surface area contributed by atoms with Gasteiger partial charge < -0.3 is 0 Å². The largest absolute Gasteiger partial charge is 0.442 e. The maximum atomic E-state index is 12.5. The van der Waals surface area contributed by atoms with E-state index in [1.165, 1.54) is 12.1 Å². The molecule has 0 aliphatic heterocycles. The van der Waals surface area contributed by atoms with Crippen molar-refractivity contribution in [2.75, 3.05) is 0 Å². The van der Waals surface area contributed by atoms with Crippen molar-refractivity contribution in [2.24, 2.45) is 0 Å². The van der Waals surface area contributed by atoms with Crippen molar-refractivity contribution in [3.63, 3.8) is 0 Å². The van der Waals surface area contributed by atoms with Crippen molar-refractivity contribution in [2.45, 2.75) is 6.18 Å². The summed E-state index contributed by atoms with van der Waals surface area (Å²) in [5, 5.41) is 0. The van der Waals surface area contributed by atoms with Gasteiger partial charge in [-0.25, -0.2) is 8.78 Å². The van der Waals surface area contributed by atoms with Crippen LogP contribution in [0.4, 0.5) is 22.0 Å². The van der Waals surface area contributed by atoms with Crippen LogP contribution in [0, 0.1) is 5.82 Å². The molecule has 0 saturated heterocycles. The minimum atomic E-state index is -5.02. The van der Waals surface area contributed by atoms with Gasteiger partial charge in [0.25, 0.3) is 0 Å². The number of hydrogen-bond acceptors (Lipinski definition) is 0. The summed E-state index contributed by atoms with van der Waals surface area (Å²) >= 11 is 0. The Morgan fingerprint density at radius 2 is 1.86 bits per heavy atom. The van der Waals surface area contributed by atoms with E-state index in [9.17, 15) is 22.0 Å². The molecular weight excluding hydrogens is 203 g/mol. The van der Waals surface area contributed by atoms with Gasteiger partial charge in [-0.15, -0.1) is 0 Å². The lowest BCUT2D eigenvalue weighted by atomic mass is 10.2. The summed E-state index contributed by atoms with van der Waals surface area (Å²) in [6.07, 6.45) is -4.78. The fourth-order valence-electron chi connectivity index (χ4n) is 0.825. The van der Waals surface area contributed by atoms with Crippen LogP contribution in [-0.2, 0) is 0 Å². The molecule has 0 unspecified atom stereocenters. The Morgan fingerprint density at radius 3 is 2.36 bits per heavy atom. The third kappa shape index (κ3) is 2.83.